The van der Waals surface area contributed by atoms with Gasteiger partial charge in [0.15, 0.2) is 0 Å². The highest BCUT2D eigenvalue weighted by atomic mass is 16.5. The molecule has 18 heavy (non-hydrogen) atoms. The average molecular weight is 258 g/mol. The molecule has 0 bridgehead atoms. The smallest absolute Gasteiger partial charge is 0.0593 e. The molecule has 108 valence electrons. The Morgan fingerprint density at radius 2 is 1.67 bits per heavy atom. The monoisotopic (exact) mass is 258 g/mol. The van der Waals surface area contributed by atoms with Gasteiger partial charge in [0.2, 0.25) is 0 Å². The van der Waals surface area contributed by atoms with Crippen molar-refractivity contribution in [3.8, 4) is 0 Å². The first-order chi connectivity index (χ1) is 8.77. The summed E-state index contributed by atoms with van der Waals surface area (Å²) in [6, 6.07) is 0. The summed E-state index contributed by atoms with van der Waals surface area (Å²) in [5.74, 6) is 1.56. The van der Waals surface area contributed by atoms with E-state index >= 15 is 0 Å². The Labute approximate surface area is 112 Å². The van der Waals surface area contributed by atoms with Gasteiger partial charge in [-0.05, 0) is 38.8 Å². The van der Waals surface area contributed by atoms with E-state index < -0.39 is 0 Å². The minimum Gasteiger partial charge on any atom is -0.380 e. The topological polar surface area (TPSA) is 33.7 Å². The van der Waals surface area contributed by atoms with Crippen molar-refractivity contribution in [1.82, 2.24) is 10.2 Å². The second-order valence-electron chi connectivity index (χ2n) is 5.09. The van der Waals surface area contributed by atoms with Crippen LogP contribution in [0.3, 0.4) is 0 Å². The molecule has 4 nitrogen and oxygen atoms in total. The molecule has 1 aliphatic rings. The first kappa shape index (κ1) is 15.9. The van der Waals surface area contributed by atoms with Crippen molar-refractivity contribution in [2.75, 3.05) is 59.2 Å². The van der Waals surface area contributed by atoms with Crippen LogP contribution in [0.4, 0.5) is 0 Å². The molecule has 1 fully saturated rings. The van der Waals surface area contributed by atoms with Crippen LogP contribution in [0, 0.1) is 11.8 Å². The van der Waals surface area contributed by atoms with E-state index in [0.29, 0.717) is 0 Å². The van der Waals surface area contributed by atoms with Crippen LogP contribution >= 0.6 is 0 Å². The Bertz CT molecular complexity index is 192. The molecule has 0 aromatic rings. The Balaban J connectivity index is 2.27. The van der Waals surface area contributed by atoms with Gasteiger partial charge < -0.3 is 14.8 Å². The first-order valence-corrected chi connectivity index (χ1v) is 7.36. The predicted octanol–water partition coefficient (Wildman–Crippen LogP) is 1.22. The molecule has 0 saturated carbocycles. The highest BCUT2D eigenvalue weighted by Gasteiger charge is 2.24. The van der Waals surface area contributed by atoms with Gasteiger partial charge in [0.05, 0.1) is 13.2 Å². The Hall–Kier alpha value is -0.160. The van der Waals surface area contributed by atoms with Gasteiger partial charge in [0.25, 0.3) is 0 Å². The Kier molecular flexibility index (Phi) is 8.59. The van der Waals surface area contributed by atoms with Crippen LogP contribution < -0.4 is 5.32 Å². The third-order valence-electron chi connectivity index (χ3n) is 3.68. The van der Waals surface area contributed by atoms with Gasteiger partial charge in [-0.15, -0.1) is 0 Å². The van der Waals surface area contributed by atoms with Crippen molar-refractivity contribution >= 4 is 0 Å². The minimum atomic E-state index is 0.772. The number of hydrogen-bond donors (Lipinski definition) is 1. The number of nitrogens with one attached hydrogen (secondary N) is 1. The van der Waals surface area contributed by atoms with Gasteiger partial charge in [-0.1, -0.05) is 6.92 Å². The van der Waals surface area contributed by atoms with Crippen molar-refractivity contribution in [3.05, 3.63) is 0 Å². The second kappa shape index (κ2) is 9.73. The van der Waals surface area contributed by atoms with E-state index in [1.165, 1.54) is 0 Å². The number of rotatable bonds is 10. The SMILES string of the molecule is CCOCCN(CCOCC)CC1CNCC1C. The van der Waals surface area contributed by atoms with Crippen molar-refractivity contribution in [2.45, 2.75) is 20.8 Å². The summed E-state index contributed by atoms with van der Waals surface area (Å²) >= 11 is 0. The van der Waals surface area contributed by atoms with Crippen LogP contribution in [-0.2, 0) is 9.47 Å². The summed E-state index contributed by atoms with van der Waals surface area (Å²) in [7, 11) is 0. The van der Waals surface area contributed by atoms with E-state index in [4.69, 9.17) is 9.47 Å². The molecule has 1 rings (SSSR count). The van der Waals surface area contributed by atoms with Crippen LogP contribution in [0.2, 0.25) is 0 Å². The fourth-order valence-corrected chi connectivity index (χ4v) is 2.41. The van der Waals surface area contributed by atoms with E-state index in [1.807, 2.05) is 13.8 Å². The van der Waals surface area contributed by atoms with Crippen LogP contribution in [0.5, 0.6) is 0 Å². The largest absolute Gasteiger partial charge is 0.380 e. The molecule has 2 atom stereocenters. The lowest BCUT2D eigenvalue weighted by atomic mass is 9.97. The standard InChI is InChI=1S/C14H30N2O2/c1-4-17-8-6-16(7-9-18-5-2)12-14-11-15-10-13(14)3/h13-15H,4-12H2,1-3H3. The summed E-state index contributed by atoms with van der Waals surface area (Å²) in [5, 5.41) is 3.47. The lowest BCUT2D eigenvalue weighted by Gasteiger charge is -2.26. The van der Waals surface area contributed by atoms with Crippen LogP contribution in [0.25, 0.3) is 0 Å². The van der Waals surface area contributed by atoms with Gasteiger partial charge in [0, 0.05) is 32.8 Å². The highest BCUT2D eigenvalue weighted by Crippen LogP contribution is 2.16. The zero-order chi connectivity index (χ0) is 13.2. The van der Waals surface area contributed by atoms with E-state index in [-0.39, 0.29) is 0 Å². The molecule has 0 radical (unpaired) electrons. The quantitative estimate of drug-likeness (QED) is 0.597. The fraction of sp³-hybridized carbons (Fsp3) is 1.00. The molecule has 1 heterocycles. The minimum absolute atomic E-state index is 0.772. The van der Waals surface area contributed by atoms with Gasteiger partial charge in [-0.3, -0.25) is 4.90 Å². The number of nitrogens with zero attached hydrogens (tertiary/aromatic N) is 1. The van der Waals surface area contributed by atoms with Crippen LogP contribution in [0.1, 0.15) is 20.8 Å². The normalized spacial score (nSPS) is 24.0. The zero-order valence-corrected chi connectivity index (χ0v) is 12.3. The molecule has 1 saturated heterocycles. The average Bonchev–Trinajstić information content (AvgIpc) is 2.75. The number of ether oxygens (including phenoxy) is 2. The van der Waals surface area contributed by atoms with Gasteiger partial charge in [-0.2, -0.15) is 0 Å². The third-order valence-corrected chi connectivity index (χ3v) is 3.68. The van der Waals surface area contributed by atoms with Crippen molar-refractivity contribution < 1.29 is 9.47 Å². The number of hydrogen-bond acceptors (Lipinski definition) is 4. The third kappa shape index (κ3) is 6.14. The summed E-state index contributed by atoms with van der Waals surface area (Å²) < 4.78 is 10.9. The van der Waals surface area contributed by atoms with Gasteiger partial charge >= 0.3 is 0 Å². The maximum Gasteiger partial charge on any atom is 0.0593 e. The summed E-state index contributed by atoms with van der Waals surface area (Å²) in [5.41, 5.74) is 0. The van der Waals surface area contributed by atoms with E-state index in [9.17, 15) is 0 Å². The molecule has 1 aliphatic heterocycles. The lowest BCUT2D eigenvalue weighted by Crippen LogP contribution is -2.37. The molecule has 0 aromatic heterocycles. The first-order valence-electron chi connectivity index (χ1n) is 7.36. The van der Waals surface area contributed by atoms with Crippen molar-refractivity contribution in [1.29, 1.82) is 0 Å². The second-order valence-corrected chi connectivity index (χ2v) is 5.09. The van der Waals surface area contributed by atoms with E-state index in [2.05, 4.69) is 17.1 Å². The predicted molar refractivity (Wildman–Crippen MR) is 74.9 cm³/mol. The van der Waals surface area contributed by atoms with Crippen LogP contribution in [0.15, 0.2) is 0 Å². The molecule has 0 aromatic carbocycles. The maximum absolute atomic E-state index is 5.46. The zero-order valence-electron chi connectivity index (χ0n) is 12.3. The molecule has 0 aliphatic carbocycles. The summed E-state index contributed by atoms with van der Waals surface area (Å²) in [6.07, 6.45) is 0. The van der Waals surface area contributed by atoms with E-state index in [0.717, 1.165) is 71.0 Å². The maximum atomic E-state index is 5.46. The Morgan fingerprint density at radius 3 is 2.11 bits per heavy atom. The van der Waals surface area contributed by atoms with Crippen molar-refractivity contribution in [3.63, 3.8) is 0 Å². The van der Waals surface area contributed by atoms with E-state index in [1.54, 1.807) is 0 Å². The fourth-order valence-electron chi connectivity index (χ4n) is 2.41. The summed E-state index contributed by atoms with van der Waals surface area (Å²) in [4.78, 5) is 2.49. The summed E-state index contributed by atoms with van der Waals surface area (Å²) in [6.45, 7) is 15.2. The van der Waals surface area contributed by atoms with Crippen molar-refractivity contribution in [2.24, 2.45) is 11.8 Å². The van der Waals surface area contributed by atoms with Gasteiger partial charge in [0.1, 0.15) is 0 Å². The molecule has 4 heteroatoms. The highest BCUT2D eigenvalue weighted by molar-refractivity contribution is 4.80. The molecule has 2 unspecified atom stereocenters. The molecule has 0 amide bonds. The Morgan fingerprint density at radius 1 is 1.06 bits per heavy atom. The lowest BCUT2D eigenvalue weighted by molar-refractivity contribution is 0.0742. The molecular weight excluding hydrogens is 228 g/mol. The molecule has 1 N–H and O–H groups in total. The molecular formula is C14H30N2O2. The molecule has 0 spiro atoms. The van der Waals surface area contributed by atoms with Gasteiger partial charge in [-0.25, -0.2) is 0 Å². The van der Waals surface area contributed by atoms with Crippen LogP contribution in [-0.4, -0.2) is 64.1 Å².